The van der Waals surface area contributed by atoms with Crippen molar-refractivity contribution in [1.82, 2.24) is 4.57 Å². The van der Waals surface area contributed by atoms with Gasteiger partial charge in [-0.25, -0.2) is 0 Å². The van der Waals surface area contributed by atoms with Crippen LogP contribution < -0.4 is 10.7 Å². The van der Waals surface area contributed by atoms with E-state index in [0.29, 0.717) is 21.7 Å². The number of aryl methyl sites for hydroxylation is 1. The lowest BCUT2D eigenvalue weighted by atomic mass is 10.1. The largest absolute Gasteiger partial charge is 0.351 e. The van der Waals surface area contributed by atoms with Crippen molar-refractivity contribution in [2.45, 2.75) is 25.8 Å². The van der Waals surface area contributed by atoms with E-state index in [1.54, 1.807) is 12.4 Å². The fourth-order valence-electron chi connectivity index (χ4n) is 2.70. The van der Waals surface area contributed by atoms with Crippen LogP contribution in [0.15, 0.2) is 45.9 Å². The molecule has 1 aromatic heterocycles. The first-order chi connectivity index (χ1) is 11.0. The molecule has 1 aliphatic carbocycles. The van der Waals surface area contributed by atoms with Crippen LogP contribution in [-0.4, -0.2) is 10.5 Å². The highest BCUT2D eigenvalue weighted by atomic mass is 79.9. The van der Waals surface area contributed by atoms with E-state index in [-0.39, 0.29) is 23.2 Å². The quantitative estimate of drug-likeness (QED) is 0.850. The maximum Gasteiger partial charge on any atom is 0.228 e. The number of halogens is 2. The van der Waals surface area contributed by atoms with Crippen molar-refractivity contribution >= 4 is 39.1 Å². The Morgan fingerprint density at radius 1 is 1.39 bits per heavy atom. The third-order valence-corrected chi connectivity index (χ3v) is 5.00. The number of pyridine rings is 1. The molecule has 1 saturated carbocycles. The van der Waals surface area contributed by atoms with Gasteiger partial charge in [0.15, 0.2) is 0 Å². The third kappa shape index (κ3) is 3.35. The van der Waals surface area contributed by atoms with E-state index in [2.05, 4.69) is 21.2 Å². The summed E-state index contributed by atoms with van der Waals surface area (Å²) in [6, 6.07) is 7.57. The number of anilines is 1. The number of benzene rings is 1. The lowest BCUT2D eigenvalue weighted by Gasteiger charge is -2.09. The second-order valence-corrected chi connectivity index (χ2v) is 6.90. The van der Waals surface area contributed by atoms with Crippen molar-refractivity contribution in [1.29, 1.82) is 0 Å². The monoisotopic (exact) mass is 394 g/mol. The highest BCUT2D eigenvalue weighted by molar-refractivity contribution is 9.10. The third-order valence-electron chi connectivity index (χ3n) is 4.09. The molecule has 1 amide bonds. The van der Waals surface area contributed by atoms with Gasteiger partial charge in [0.2, 0.25) is 11.3 Å². The van der Waals surface area contributed by atoms with E-state index in [9.17, 15) is 9.59 Å². The van der Waals surface area contributed by atoms with E-state index >= 15 is 0 Å². The Bertz CT molecular complexity index is 818. The van der Waals surface area contributed by atoms with E-state index in [1.807, 2.05) is 35.8 Å². The lowest BCUT2D eigenvalue weighted by Crippen LogP contribution is -2.22. The van der Waals surface area contributed by atoms with Gasteiger partial charge in [0.1, 0.15) is 5.69 Å². The highest BCUT2D eigenvalue weighted by Crippen LogP contribution is 2.49. The van der Waals surface area contributed by atoms with Crippen LogP contribution in [0.3, 0.4) is 0 Å². The van der Waals surface area contributed by atoms with Crippen molar-refractivity contribution in [2.24, 2.45) is 5.92 Å². The molecule has 3 rings (SSSR count). The summed E-state index contributed by atoms with van der Waals surface area (Å²) in [7, 11) is 0. The second kappa shape index (κ2) is 6.49. The van der Waals surface area contributed by atoms with Gasteiger partial charge in [-0.3, -0.25) is 9.59 Å². The standard InChI is InChI=1S/C17H16BrClN2O2/c1-2-21-8-13(18)16(22)15(9-21)20-17(23)12-7-11(12)10-5-3-4-6-14(10)19/h3-6,8-9,11-12H,2,7H2,1H3,(H,20,23)/t11-,12+/m1/s1. The molecule has 4 nitrogen and oxygen atoms in total. The molecular weight excluding hydrogens is 380 g/mol. The van der Waals surface area contributed by atoms with Crippen LogP contribution in [0.5, 0.6) is 0 Å². The molecule has 0 saturated heterocycles. The minimum absolute atomic E-state index is 0.129. The molecule has 120 valence electrons. The molecule has 0 unspecified atom stereocenters. The van der Waals surface area contributed by atoms with Crippen LogP contribution in [0.2, 0.25) is 5.02 Å². The molecule has 1 fully saturated rings. The molecule has 1 heterocycles. The summed E-state index contributed by atoms with van der Waals surface area (Å²) in [5, 5.41) is 3.45. The van der Waals surface area contributed by atoms with Crippen LogP contribution >= 0.6 is 27.5 Å². The number of carbonyl (C=O) groups is 1. The smallest absolute Gasteiger partial charge is 0.228 e. The first-order valence-corrected chi connectivity index (χ1v) is 8.63. The van der Waals surface area contributed by atoms with Gasteiger partial charge in [0.05, 0.1) is 4.47 Å². The number of nitrogens with one attached hydrogen (secondary N) is 1. The number of rotatable bonds is 4. The molecule has 1 aliphatic rings. The number of hydrogen-bond acceptors (Lipinski definition) is 2. The first-order valence-electron chi connectivity index (χ1n) is 7.46. The average Bonchev–Trinajstić information content (AvgIpc) is 3.32. The molecule has 2 atom stereocenters. The SMILES string of the molecule is CCn1cc(Br)c(=O)c(NC(=O)[C@H]2C[C@@H]2c2ccccc2Cl)c1. The summed E-state index contributed by atoms with van der Waals surface area (Å²) >= 11 is 9.42. The molecule has 23 heavy (non-hydrogen) atoms. The molecule has 1 aromatic carbocycles. The molecule has 0 bridgehead atoms. The zero-order chi connectivity index (χ0) is 16.6. The van der Waals surface area contributed by atoms with Gasteiger partial charge in [-0.1, -0.05) is 29.8 Å². The van der Waals surface area contributed by atoms with E-state index < -0.39 is 0 Å². The minimum Gasteiger partial charge on any atom is -0.351 e. The molecule has 0 aliphatic heterocycles. The Kier molecular flexibility index (Phi) is 4.60. The van der Waals surface area contributed by atoms with Crippen molar-refractivity contribution in [3.05, 3.63) is 61.9 Å². The zero-order valence-electron chi connectivity index (χ0n) is 12.6. The minimum atomic E-state index is -0.210. The van der Waals surface area contributed by atoms with Gasteiger partial charge in [-0.15, -0.1) is 0 Å². The Morgan fingerprint density at radius 2 is 2.13 bits per heavy atom. The molecule has 1 N–H and O–H groups in total. The zero-order valence-corrected chi connectivity index (χ0v) is 14.9. The maximum absolute atomic E-state index is 12.4. The van der Waals surface area contributed by atoms with Crippen molar-refractivity contribution in [3.63, 3.8) is 0 Å². The van der Waals surface area contributed by atoms with Crippen molar-refractivity contribution in [3.8, 4) is 0 Å². The summed E-state index contributed by atoms with van der Waals surface area (Å²) < 4.78 is 2.29. The van der Waals surface area contributed by atoms with Crippen LogP contribution in [0, 0.1) is 5.92 Å². The summed E-state index contributed by atoms with van der Waals surface area (Å²) in [5.41, 5.74) is 1.09. The highest BCUT2D eigenvalue weighted by Gasteiger charge is 2.44. The van der Waals surface area contributed by atoms with Gasteiger partial charge in [0, 0.05) is 29.9 Å². The van der Waals surface area contributed by atoms with Crippen LogP contribution in [-0.2, 0) is 11.3 Å². The maximum atomic E-state index is 12.4. The van der Waals surface area contributed by atoms with Gasteiger partial charge in [-0.05, 0) is 46.8 Å². The van der Waals surface area contributed by atoms with Crippen LogP contribution in [0.1, 0.15) is 24.8 Å². The van der Waals surface area contributed by atoms with Gasteiger partial charge >= 0.3 is 0 Å². The predicted molar refractivity (Wildman–Crippen MR) is 95.0 cm³/mol. The predicted octanol–water partition coefficient (Wildman–Crippen LogP) is 4.03. The lowest BCUT2D eigenvalue weighted by molar-refractivity contribution is -0.117. The number of amides is 1. The number of aromatic nitrogens is 1. The molecule has 0 radical (unpaired) electrons. The molecule has 2 aromatic rings. The van der Waals surface area contributed by atoms with Gasteiger partial charge in [-0.2, -0.15) is 0 Å². The molecule has 6 heteroatoms. The summed E-state index contributed by atoms with van der Waals surface area (Å²) in [6.45, 7) is 2.68. The number of hydrogen-bond donors (Lipinski definition) is 1. The summed E-state index contributed by atoms with van der Waals surface area (Å²) in [4.78, 5) is 24.5. The summed E-state index contributed by atoms with van der Waals surface area (Å²) in [6.07, 6.45) is 4.13. The van der Waals surface area contributed by atoms with E-state index in [0.717, 1.165) is 12.0 Å². The van der Waals surface area contributed by atoms with Crippen molar-refractivity contribution < 1.29 is 4.79 Å². The van der Waals surface area contributed by atoms with Crippen LogP contribution in [0.4, 0.5) is 5.69 Å². The fraction of sp³-hybridized carbons (Fsp3) is 0.294. The Hall–Kier alpha value is -1.59. The number of nitrogens with zero attached hydrogens (tertiary/aromatic N) is 1. The Balaban J connectivity index is 1.76. The average molecular weight is 396 g/mol. The second-order valence-electron chi connectivity index (χ2n) is 5.64. The van der Waals surface area contributed by atoms with E-state index in [4.69, 9.17) is 11.6 Å². The first kappa shape index (κ1) is 16.3. The fourth-order valence-corrected chi connectivity index (χ4v) is 3.45. The Labute approximate surface area is 147 Å². The van der Waals surface area contributed by atoms with Crippen LogP contribution in [0.25, 0.3) is 0 Å². The molecule has 0 spiro atoms. The topological polar surface area (TPSA) is 51.1 Å². The van der Waals surface area contributed by atoms with Gasteiger partial charge in [0.25, 0.3) is 0 Å². The van der Waals surface area contributed by atoms with E-state index in [1.165, 1.54) is 0 Å². The van der Waals surface area contributed by atoms with Crippen molar-refractivity contribution in [2.75, 3.05) is 5.32 Å². The normalized spacial score (nSPS) is 19.4. The van der Waals surface area contributed by atoms with Gasteiger partial charge < -0.3 is 9.88 Å². The summed E-state index contributed by atoms with van der Waals surface area (Å²) in [5.74, 6) is -0.139. The molecular formula is C17H16BrClN2O2. The number of carbonyl (C=O) groups excluding carboxylic acids is 1. The Morgan fingerprint density at radius 3 is 2.83 bits per heavy atom.